The Labute approximate surface area is 130 Å². The normalized spacial score (nSPS) is 40.5. The zero-order valence-electron chi connectivity index (χ0n) is 12.3. The van der Waals surface area contributed by atoms with Crippen molar-refractivity contribution in [2.45, 2.75) is 62.8 Å². The largest absolute Gasteiger partial charge is 0.364 e. The van der Waals surface area contributed by atoms with Gasteiger partial charge in [-0.2, -0.15) is 0 Å². The molecule has 1 heterocycles. The van der Waals surface area contributed by atoms with Crippen LogP contribution in [0.3, 0.4) is 0 Å². The predicted molar refractivity (Wildman–Crippen MR) is 83.5 cm³/mol. The molecule has 4 heteroatoms. The zero-order chi connectivity index (χ0) is 14.0. The van der Waals surface area contributed by atoms with Crippen LogP contribution in [0, 0.1) is 17.8 Å². The van der Waals surface area contributed by atoms with Gasteiger partial charge in [0.2, 0.25) is 0 Å². The van der Waals surface area contributed by atoms with Crippen molar-refractivity contribution in [1.82, 2.24) is 9.97 Å². The van der Waals surface area contributed by atoms with Crippen LogP contribution in [0.1, 0.15) is 63.1 Å². The maximum atomic E-state index is 6.22. The van der Waals surface area contributed by atoms with Crippen molar-refractivity contribution in [3.05, 3.63) is 17.0 Å². The van der Waals surface area contributed by atoms with Gasteiger partial charge in [-0.25, -0.2) is 9.97 Å². The third kappa shape index (κ3) is 2.25. The fourth-order valence-electron chi connectivity index (χ4n) is 5.56. The van der Waals surface area contributed by atoms with Crippen molar-refractivity contribution in [1.29, 1.82) is 0 Å². The van der Waals surface area contributed by atoms with Crippen LogP contribution in [-0.4, -0.2) is 15.5 Å². The highest BCUT2D eigenvalue weighted by Gasteiger charge is 2.51. The minimum Gasteiger partial charge on any atom is -0.364 e. The van der Waals surface area contributed by atoms with Crippen molar-refractivity contribution in [3.63, 3.8) is 0 Å². The number of halogens is 1. The first-order chi connectivity index (χ1) is 10.2. The summed E-state index contributed by atoms with van der Waals surface area (Å²) < 4.78 is 0. The number of nitrogens with one attached hydrogen (secondary N) is 1. The molecule has 0 saturated heterocycles. The summed E-state index contributed by atoms with van der Waals surface area (Å²) in [7, 11) is 0. The van der Waals surface area contributed by atoms with Crippen LogP contribution < -0.4 is 5.32 Å². The van der Waals surface area contributed by atoms with Crippen LogP contribution in [0.25, 0.3) is 0 Å². The average Bonchev–Trinajstić information content (AvgIpc) is 3.19. The molecule has 5 aliphatic rings. The van der Waals surface area contributed by atoms with Crippen molar-refractivity contribution in [3.8, 4) is 0 Å². The minimum absolute atomic E-state index is 0.299. The molecule has 0 aromatic carbocycles. The molecular formula is C17H22ClN3. The van der Waals surface area contributed by atoms with Gasteiger partial charge >= 0.3 is 0 Å². The molecule has 5 saturated carbocycles. The molecule has 1 N–H and O–H groups in total. The third-order valence-electron chi connectivity index (χ3n) is 6.09. The van der Waals surface area contributed by atoms with E-state index < -0.39 is 0 Å². The third-order valence-corrected chi connectivity index (χ3v) is 6.28. The van der Waals surface area contributed by atoms with Crippen molar-refractivity contribution >= 4 is 17.4 Å². The van der Waals surface area contributed by atoms with Crippen LogP contribution in [0.4, 0.5) is 5.82 Å². The first-order valence-corrected chi connectivity index (χ1v) is 8.88. The van der Waals surface area contributed by atoms with Crippen molar-refractivity contribution in [2.75, 3.05) is 5.32 Å². The monoisotopic (exact) mass is 303 g/mol. The number of aromatic nitrogens is 2. The zero-order valence-corrected chi connectivity index (χ0v) is 13.1. The number of hydrogen-bond acceptors (Lipinski definition) is 3. The van der Waals surface area contributed by atoms with Crippen LogP contribution in [0.2, 0.25) is 5.15 Å². The predicted octanol–water partition coefficient (Wildman–Crippen LogP) is 4.39. The van der Waals surface area contributed by atoms with Crippen molar-refractivity contribution < 1.29 is 0 Å². The maximum Gasteiger partial charge on any atom is 0.135 e. The summed E-state index contributed by atoms with van der Waals surface area (Å²) in [5.74, 6) is 5.33. The molecule has 112 valence electrons. The Kier molecular flexibility index (Phi) is 2.62. The van der Waals surface area contributed by atoms with Gasteiger partial charge < -0.3 is 5.32 Å². The summed E-state index contributed by atoms with van der Waals surface area (Å²) in [6, 6.07) is 1.92. The van der Waals surface area contributed by atoms with E-state index >= 15 is 0 Å². The Morgan fingerprint density at radius 1 is 1.00 bits per heavy atom. The lowest BCUT2D eigenvalue weighted by Crippen LogP contribution is -2.54. The molecule has 21 heavy (non-hydrogen) atoms. The average molecular weight is 304 g/mol. The Bertz CT molecular complexity index is 546. The van der Waals surface area contributed by atoms with Crippen molar-refractivity contribution in [2.24, 2.45) is 17.8 Å². The van der Waals surface area contributed by atoms with E-state index in [1.807, 2.05) is 6.07 Å². The van der Waals surface area contributed by atoms with Crippen LogP contribution in [-0.2, 0) is 0 Å². The molecule has 0 spiro atoms. The Morgan fingerprint density at radius 2 is 1.62 bits per heavy atom. The van der Waals surface area contributed by atoms with Crippen LogP contribution in [0.5, 0.6) is 0 Å². The summed E-state index contributed by atoms with van der Waals surface area (Å²) in [5, 5.41) is 4.41. The van der Waals surface area contributed by atoms with E-state index in [9.17, 15) is 0 Å². The van der Waals surface area contributed by atoms with E-state index in [2.05, 4.69) is 10.3 Å². The van der Waals surface area contributed by atoms with Gasteiger partial charge in [-0.05, 0) is 69.1 Å². The Morgan fingerprint density at radius 3 is 2.19 bits per heavy atom. The SMILES string of the molecule is Clc1cc(NC23CC4CC(CC(C4)C2)C3)nc(C2CC2)n1. The molecule has 5 aliphatic carbocycles. The second-order valence-corrected chi connectivity index (χ2v) is 8.42. The molecule has 1 aromatic rings. The highest BCUT2D eigenvalue weighted by atomic mass is 35.5. The van der Waals surface area contributed by atoms with Crippen LogP contribution in [0.15, 0.2) is 6.07 Å². The van der Waals surface area contributed by atoms with E-state index in [-0.39, 0.29) is 0 Å². The number of anilines is 1. The molecule has 5 fully saturated rings. The lowest BCUT2D eigenvalue weighted by Gasteiger charge is -2.57. The molecule has 3 nitrogen and oxygen atoms in total. The van der Waals surface area contributed by atoms with Gasteiger partial charge in [-0.1, -0.05) is 11.6 Å². The quantitative estimate of drug-likeness (QED) is 0.842. The fraction of sp³-hybridized carbons (Fsp3) is 0.765. The topological polar surface area (TPSA) is 37.8 Å². The maximum absolute atomic E-state index is 6.22. The van der Waals surface area contributed by atoms with E-state index in [0.717, 1.165) is 29.4 Å². The molecule has 0 amide bonds. The Hall–Kier alpha value is -0.830. The van der Waals surface area contributed by atoms with Gasteiger partial charge in [-0.3, -0.25) is 0 Å². The summed E-state index contributed by atoms with van der Waals surface area (Å²) in [6.07, 6.45) is 10.8. The minimum atomic E-state index is 0.299. The second-order valence-electron chi connectivity index (χ2n) is 8.03. The first kappa shape index (κ1) is 12.7. The Balaban J connectivity index is 1.44. The number of rotatable bonds is 3. The van der Waals surface area contributed by atoms with Gasteiger partial charge in [-0.15, -0.1) is 0 Å². The second kappa shape index (κ2) is 4.34. The van der Waals surface area contributed by atoms with Crippen LogP contribution >= 0.6 is 11.6 Å². The fourth-order valence-corrected chi connectivity index (χ4v) is 5.75. The summed E-state index contributed by atoms with van der Waals surface area (Å²) in [4.78, 5) is 9.17. The van der Waals surface area contributed by atoms with Gasteiger partial charge in [0.25, 0.3) is 0 Å². The molecule has 4 bridgehead atoms. The van der Waals surface area contributed by atoms with E-state index in [4.69, 9.17) is 16.6 Å². The highest BCUT2D eigenvalue weighted by Crippen LogP contribution is 2.56. The first-order valence-electron chi connectivity index (χ1n) is 8.50. The van der Waals surface area contributed by atoms with E-state index in [1.54, 1.807) is 0 Å². The van der Waals surface area contributed by atoms with E-state index in [0.29, 0.717) is 16.6 Å². The highest BCUT2D eigenvalue weighted by molar-refractivity contribution is 6.29. The van der Waals surface area contributed by atoms with E-state index in [1.165, 1.54) is 51.4 Å². The molecule has 0 radical (unpaired) electrons. The summed E-state index contributed by atoms with van der Waals surface area (Å²) in [6.45, 7) is 0. The van der Waals surface area contributed by atoms with Gasteiger partial charge in [0.05, 0.1) is 0 Å². The molecule has 0 aliphatic heterocycles. The molecule has 0 unspecified atom stereocenters. The molecular weight excluding hydrogens is 282 g/mol. The van der Waals surface area contributed by atoms with Gasteiger partial charge in [0, 0.05) is 17.5 Å². The lowest BCUT2D eigenvalue weighted by atomic mass is 9.53. The number of nitrogens with zero attached hydrogens (tertiary/aromatic N) is 2. The summed E-state index contributed by atoms with van der Waals surface area (Å²) in [5.41, 5.74) is 0.299. The lowest BCUT2D eigenvalue weighted by molar-refractivity contribution is 0.0105. The number of hydrogen-bond donors (Lipinski definition) is 1. The smallest absolute Gasteiger partial charge is 0.135 e. The molecule has 0 atom stereocenters. The standard InChI is InChI=1S/C17H22ClN3/c18-14-6-15(20-16(19-14)13-1-2-13)21-17-7-10-3-11(8-17)5-12(4-10)9-17/h6,10-13H,1-5,7-9H2,(H,19,20,21). The van der Waals surface area contributed by atoms with Gasteiger partial charge in [0.1, 0.15) is 16.8 Å². The van der Waals surface area contributed by atoms with Gasteiger partial charge in [0.15, 0.2) is 0 Å². The molecule has 6 rings (SSSR count). The summed E-state index contributed by atoms with van der Waals surface area (Å²) >= 11 is 6.22. The molecule has 1 aromatic heterocycles.